The Balaban J connectivity index is 1.58. The zero-order chi connectivity index (χ0) is 29.0. The van der Waals surface area contributed by atoms with Crippen molar-refractivity contribution < 1.29 is 41.1 Å². The summed E-state index contributed by atoms with van der Waals surface area (Å²) in [5, 5.41) is 21.9. The molecule has 1 aliphatic rings. The molecule has 0 atom stereocenters. The number of nitrogens with zero attached hydrogens (tertiary/aromatic N) is 3. The average molecular weight is 583 g/mol. The molecule has 39 heavy (non-hydrogen) atoms. The van der Waals surface area contributed by atoms with Crippen LogP contribution >= 0.6 is 0 Å². The number of carboxylic acids is 1. The van der Waals surface area contributed by atoms with Gasteiger partial charge in [-0.15, -0.1) is 0 Å². The second-order valence-electron chi connectivity index (χ2n) is 8.59. The Morgan fingerprint density at radius 1 is 0.846 bits per heavy atom. The van der Waals surface area contributed by atoms with Gasteiger partial charge in [0.1, 0.15) is 0 Å². The number of nitrogens with one attached hydrogen (secondary N) is 1. The number of primary sulfonamides is 2. The number of carbonyl (C=O) groups excluding carboxylic acids is 3. The van der Waals surface area contributed by atoms with E-state index in [0.29, 0.717) is 0 Å². The molecule has 2 aromatic carbocycles. The van der Waals surface area contributed by atoms with Gasteiger partial charge in [0.15, 0.2) is 0 Å². The fraction of sp³-hybridized carbons (Fsp3) is 0.273. The van der Waals surface area contributed by atoms with Crippen molar-refractivity contribution in [2.24, 2.45) is 10.3 Å². The van der Waals surface area contributed by atoms with Crippen LogP contribution in [0.5, 0.6) is 0 Å². The van der Waals surface area contributed by atoms with Crippen LogP contribution in [0, 0.1) is 0 Å². The molecule has 0 aliphatic carbocycles. The molecule has 3 rings (SSSR count). The van der Waals surface area contributed by atoms with Crippen molar-refractivity contribution in [2.45, 2.75) is 9.79 Å². The van der Waals surface area contributed by atoms with Crippen molar-refractivity contribution in [3.63, 3.8) is 0 Å². The van der Waals surface area contributed by atoms with E-state index >= 15 is 0 Å². The van der Waals surface area contributed by atoms with Gasteiger partial charge in [-0.1, -0.05) is 0 Å². The molecule has 210 valence electrons. The van der Waals surface area contributed by atoms with E-state index in [4.69, 9.17) is 10.3 Å². The summed E-state index contributed by atoms with van der Waals surface area (Å²) in [4.78, 5) is 52.6. The fourth-order valence-electron chi connectivity index (χ4n) is 3.77. The average Bonchev–Trinajstić information content (AvgIpc) is 2.81. The molecule has 0 bridgehead atoms. The van der Waals surface area contributed by atoms with Crippen LogP contribution in [-0.2, 0) is 39.2 Å². The molecule has 1 heterocycles. The zero-order valence-corrected chi connectivity index (χ0v) is 22.0. The second-order valence-corrected chi connectivity index (χ2v) is 11.7. The van der Waals surface area contributed by atoms with E-state index in [1.54, 1.807) is 0 Å². The van der Waals surface area contributed by atoms with Crippen molar-refractivity contribution in [1.29, 1.82) is 0 Å². The molecule has 1 fully saturated rings. The Hall–Kier alpha value is -3.74. The first-order valence-electron chi connectivity index (χ1n) is 11.2. The van der Waals surface area contributed by atoms with E-state index in [9.17, 15) is 41.1 Å². The topological polar surface area (TPSA) is 231 Å². The van der Waals surface area contributed by atoms with Gasteiger partial charge < -0.3 is 10.4 Å². The SMILES string of the molecule is NS(=O)(=O)c1ccc(NC(=O)CN(CCN2CC(=O)N(c3ccc(S(N)(=O)=O)cc3)C(=O)C2)CC(=O)O)cc1. The Labute approximate surface area is 224 Å². The summed E-state index contributed by atoms with van der Waals surface area (Å²) in [5.41, 5.74) is 0.449. The molecule has 6 N–H and O–H groups in total. The summed E-state index contributed by atoms with van der Waals surface area (Å²) < 4.78 is 45.5. The van der Waals surface area contributed by atoms with Crippen LogP contribution in [0.3, 0.4) is 0 Å². The van der Waals surface area contributed by atoms with Crippen LogP contribution in [0.2, 0.25) is 0 Å². The maximum atomic E-state index is 12.7. The van der Waals surface area contributed by atoms with Crippen LogP contribution in [0.15, 0.2) is 58.3 Å². The molecule has 0 spiro atoms. The van der Waals surface area contributed by atoms with E-state index in [0.717, 1.165) is 4.90 Å². The van der Waals surface area contributed by atoms with E-state index in [-0.39, 0.29) is 53.9 Å². The first kappa shape index (κ1) is 29.8. The van der Waals surface area contributed by atoms with E-state index in [2.05, 4.69) is 5.32 Å². The van der Waals surface area contributed by atoms with Gasteiger partial charge >= 0.3 is 5.97 Å². The lowest BCUT2D eigenvalue weighted by Gasteiger charge is -2.33. The lowest BCUT2D eigenvalue weighted by molar-refractivity contribution is -0.139. The van der Waals surface area contributed by atoms with Crippen LogP contribution in [-0.4, -0.2) is 94.7 Å². The Kier molecular flexibility index (Phi) is 9.15. The number of amides is 3. The third-order valence-corrected chi connectivity index (χ3v) is 7.42. The lowest BCUT2D eigenvalue weighted by Crippen LogP contribution is -2.55. The van der Waals surface area contributed by atoms with Gasteiger partial charge in [-0.25, -0.2) is 32.0 Å². The highest BCUT2D eigenvalue weighted by molar-refractivity contribution is 7.89. The molecule has 3 amide bonds. The number of carboxylic acid groups (broad SMARTS) is 1. The molecule has 1 saturated heterocycles. The van der Waals surface area contributed by atoms with Gasteiger partial charge in [0.2, 0.25) is 37.8 Å². The van der Waals surface area contributed by atoms with Crippen molar-refractivity contribution in [3.8, 4) is 0 Å². The third-order valence-electron chi connectivity index (χ3n) is 5.57. The van der Waals surface area contributed by atoms with E-state index in [1.165, 1.54) is 58.3 Å². The van der Waals surface area contributed by atoms with Crippen LogP contribution < -0.4 is 20.5 Å². The van der Waals surface area contributed by atoms with Crippen LogP contribution in [0.4, 0.5) is 11.4 Å². The first-order valence-corrected chi connectivity index (χ1v) is 14.3. The molecule has 0 unspecified atom stereocenters. The predicted octanol–water partition coefficient (Wildman–Crippen LogP) is -1.82. The van der Waals surface area contributed by atoms with Gasteiger partial charge in [0.25, 0.3) is 0 Å². The Morgan fingerprint density at radius 2 is 1.33 bits per heavy atom. The highest BCUT2D eigenvalue weighted by Gasteiger charge is 2.32. The normalized spacial score (nSPS) is 15.0. The molecular weight excluding hydrogens is 556 g/mol. The standard InChI is InChI=1S/C22H26N6O9S2/c23-38(34,35)17-5-1-15(2-6-17)25-19(29)11-26(14-22(32)33)9-10-27-12-20(30)28(21(31)13-27)16-3-7-18(8-4-16)39(24,36)37/h1-8H,9-14H2,(H,25,29)(H,32,33)(H2,23,34,35)(H2,24,36,37). The molecule has 0 aromatic heterocycles. The number of hydrogen-bond donors (Lipinski definition) is 4. The number of carbonyl (C=O) groups is 4. The second kappa shape index (κ2) is 12.0. The number of rotatable bonds is 11. The first-order chi connectivity index (χ1) is 18.1. The van der Waals surface area contributed by atoms with Gasteiger partial charge in [-0.2, -0.15) is 0 Å². The monoisotopic (exact) mass is 582 g/mol. The van der Waals surface area contributed by atoms with Crippen molar-refractivity contribution in [2.75, 3.05) is 49.5 Å². The maximum Gasteiger partial charge on any atom is 0.317 e. The van der Waals surface area contributed by atoms with Gasteiger partial charge in [-0.05, 0) is 48.5 Å². The number of anilines is 2. The largest absolute Gasteiger partial charge is 0.480 e. The summed E-state index contributed by atoms with van der Waals surface area (Å²) >= 11 is 0. The van der Waals surface area contributed by atoms with Crippen molar-refractivity contribution in [3.05, 3.63) is 48.5 Å². The van der Waals surface area contributed by atoms with Crippen LogP contribution in [0.25, 0.3) is 0 Å². The summed E-state index contributed by atoms with van der Waals surface area (Å²) in [6, 6.07) is 10.0. The minimum atomic E-state index is -3.94. The summed E-state index contributed by atoms with van der Waals surface area (Å²) in [5.74, 6) is -2.90. The molecule has 1 aliphatic heterocycles. The molecule has 0 radical (unpaired) electrons. The highest BCUT2D eigenvalue weighted by Crippen LogP contribution is 2.20. The minimum absolute atomic E-state index is 0.0354. The molecule has 17 heteroatoms. The molecular formula is C22H26N6O9S2. The number of aliphatic carboxylic acids is 1. The number of sulfonamides is 2. The summed E-state index contributed by atoms with van der Waals surface area (Å²) in [7, 11) is -7.84. The summed E-state index contributed by atoms with van der Waals surface area (Å²) in [6.07, 6.45) is 0. The number of nitrogens with two attached hydrogens (primary N) is 2. The van der Waals surface area contributed by atoms with Crippen molar-refractivity contribution >= 4 is 55.1 Å². The number of benzene rings is 2. The fourth-order valence-corrected chi connectivity index (χ4v) is 4.80. The summed E-state index contributed by atoms with van der Waals surface area (Å²) in [6.45, 7) is -1.04. The minimum Gasteiger partial charge on any atom is -0.480 e. The quantitative estimate of drug-likeness (QED) is 0.215. The predicted molar refractivity (Wildman–Crippen MR) is 137 cm³/mol. The van der Waals surface area contributed by atoms with Gasteiger partial charge in [0, 0.05) is 18.8 Å². The molecule has 2 aromatic rings. The molecule has 15 nitrogen and oxygen atoms in total. The zero-order valence-electron chi connectivity index (χ0n) is 20.4. The van der Waals surface area contributed by atoms with Crippen molar-refractivity contribution in [1.82, 2.24) is 9.80 Å². The smallest absolute Gasteiger partial charge is 0.317 e. The lowest BCUT2D eigenvalue weighted by atomic mass is 10.2. The van der Waals surface area contributed by atoms with Gasteiger partial charge in [-0.3, -0.25) is 29.0 Å². The number of imide groups is 1. The van der Waals surface area contributed by atoms with Gasteiger partial charge in [0.05, 0.1) is 41.7 Å². The Bertz CT molecular complexity index is 1460. The number of piperazine rings is 1. The Morgan fingerprint density at radius 3 is 1.79 bits per heavy atom. The third kappa shape index (κ3) is 8.37. The van der Waals surface area contributed by atoms with E-state index < -0.39 is 50.3 Å². The highest BCUT2D eigenvalue weighted by atomic mass is 32.2. The molecule has 0 saturated carbocycles. The number of hydrogen-bond acceptors (Lipinski definition) is 10. The van der Waals surface area contributed by atoms with Crippen LogP contribution in [0.1, 0.15) is 0 Å². The maximum absolute atomic E-state index is 12.7. The van der Waals surface area contributed by atoms with E-state index in [1.807, 2.05) is 0 Å².